The zero-order chi connectivity index (χ0) is 10.9. The maximum absolute atomic E-state index is 13.7. The fourth-order valence-electron chi connectivity index (χ4n) is 1.90. The molecule has 0 amide bonds. The second-order valence-corrected chi connectivity index (χ2v) is 4.10. The van der Waals surface area contributed by atoms with E-state index in [4.69, 9.17) is 5.73 Å². The lowest BCUT2D eigenvalue weighted by molar-refractivity contribution is -0.0115. The van der Waals surface area contributed by atoms with Crippen molar-refractivity contribution in [3.05, 3.63) is 35.4 Å². The minimum atomic E-state index is -2.77. The van der Waals surface area contributed by atoms with Gasteiger partial charge in [0.05, 0.1) is 0 Å². The van der Waals surface area contributed by atoms with Gasteiger partial charge in [-0.15, -0.1) is 0 Å². The zero-order valence-electron chi connectivity index (χ0n) is 8.55. The fourth-order valence-corrected chi connectivity index (χ4v) is 1.90. The molecule has 0 radical (unpaired) electrons. The normalized spacial score (nSPS) is 16.7. The van der Waals surface area contributed by atoms with Crippen LogP contribution in [0.2, 0.25) is 0 Å². The quantitative estimate of drug-likeness (QED) is 0.814. The van der Waals surface area contributed by atoms with Crippen molar-refractivity contribution in [3.8, 4) is 0 Å². The van der Waals surface area contributed by atoms with E-state index < -0.39 is 5.92 Å². The predicted molar refractivity (Wildman–Crippen MR) is 56.0 cm³/mol. The molecule has 0 unspecified atom stereocenters. The largest absolute Gasteiger partial charge is 0.330 e. The molecule has 0 heterocycles. The van der Waals surface area contributed by atoms with Crippen LogP contribution in [0.15, 0.2) is 24.3 Å². The van der Waals surface area contributed by atoms with E-state index in [1.54, 1.807) is 6.07 Å². The van der Waals surface area contributed by atoms with Gasteiger partial charge in [-0.05, 0) is 30.9 Å². The van der Waals surface area contributed by atoms with E-state index in [1.165, 1.54) is 6.07 Å². The lowest BCUT2D eigenvalue weighted by atomic mass is 9.96. The molecule has 2 rings (SSSR count). The van der Waals surface area contributed by atoms with Gasteiger partial charge >= 0.3 is 0 Å². The van der Waals surface area contributed by atoms with E-state index in [0.29, 0.717) is 5.92 Å². The van der Waals surface area contributed by atoms with Crippen LogP contribution in [0.3, 0.4) is 0 Å². The van der Waals surface area contributed by atoms with Crippen molar-refractivity contribution in [2.75, 3.05) is 6.54 Å². The third-order valence-electron chi connectivity index (χ3n) is 2.83. The molecular weight excluding hydrogens is 196 g/mol. The summed E-state index contributed by atoms with van der Waals surface area (Å²) in [5, 5.41) is 0. The molecule has 15 heavy (non-hydrogen) atoms. The maximum atomic E-state index is 13.7. The van der Waals surface area contributed by atoms with Crippen molar-refractivity contribution in [3.63, 3.8) is 0 Å². The Labute approximate surface area is 88.3 Å². The average molecular weight is 211 g/mol. The third-order valence-corrected chi connectivity index (χ3v) is 2.83. The van der Waals surface area contributed by atoms with Crippen molar-refractivity contribution in [1.82, 2.24) is 0 Å². The van der Waals surface area contributed by atoms with Crippen molar-refractivity contribution in [2.45, 2.75) is 31.1 Å². The molecule has 0 bridgehead atoms. The topological polar surface area (TPSA) is 26.0 Å². The van der Waals surface area contributed by atoms with E-state index in [9.17, 15) is 8.78 Å². The van der Waals surface area contributed by atoms with Gasteiger partial charge in [0, 0.05) is 12.0 Å². The average Bonchev–Trinajstić information content (AvgIpc) is 3.01. The molecule has 0 aromatic heterocycles. The van der Waals surface area contributed by atoms with E-state index in [0.717, 1.165) is 18.4 Å². The van der Waals surface area contributed by atoms with Crippen LogP contribution < -0.4 is 5.73 Å². The van der Waals surface area contributed by atoms with Crippen LogP contribution >= 0.6 is 0 Å². The highest BCUT2D eigenvalue weighted by Gasteiger charge is 2.36. The Morgan fingerprint density at radius 1 is 1.27 bits per heavy atom. The van der Waals surface area contributed by atoms with E-state index in [2.05, 4.69) is 0 Å². The summed E-state index contributed by atoms with van der Waals surface area (Å²) in [5.41, 5.74) is 6.21. The highest BCUT2D eigenvalue weighted by Crippen LogP contribution is 2.45. The Balaban J connectivity index is 2.33. The van der Waals surface area contributed by atoms with Gasteiger partial charge < -0.3 is 5.73 Å². The molecule has 1 saturated carbocycles. The standard InChI is InChI=1S/C12H15F2N/c13-12(14,7-8-15)11-4-2-1-3-10(11)9-5-6-9/h1-4,9H,5-8,15H2. The lowest BCUT2D eigenvalue weighted by Crippen LogP contribution is -2.20. The Bertz CT molecular complexity index is 345. The minimum Gasteiger partial charge on any atom is -0.330 e. The lowest BCUT2D eigenvalue weighted by Gasteiger charge is -2.19. The maximum Gasteiger partial charge on any atom is 0.274 e. The zero-order valence-corrected chi connectivity index (χ0v) is 8.55. The second kappa shape index (κ2) is 3.89. The highest BCUT2D eigenvalue weighted by atomic mass is 19.3. The molecule has 1 aliphatic carbocycles. The third kappa shape index (κ3) is 2.17. The Hall–Kier alpha value is -0.960. The summed E-state index contributed by atoms with van der Waals surface area (Å²) < 4.78 is 27.4. The van der Waals surface area contributed by atoms with Crippen LogP contribution in [0.4, 0.5) is 8.78 Å². The van der Waals surface area contributed by atoms with E-state index in [1.807, 2.05) is 12.1 Å². The predicted octanol–water partition coefficient (Wildman–Crippen LogP) is 3.00. The molecule has 1 aromatic rings. The summed E-state index contributed by atoms with van der Waals surface area (Å²) in [6.07, 6.45) is 1.81. The van der Waals surface area contributed by atoms with Gasteiger partial charge in [0.15, 0.2) is 0 Å². The number of nitrogens with two attached hydrogens (primary N) is 1. The first-order valence-electron chi connectivity index (χ1n) is 5.32. The molecule has 1 nitrogen and oxygen atoms in total. The Kier molecular flexibility index (Phi) is 2.74. The van der Waals surface area contributed by atoms with Crippen molar-refractivity contribution in [1.29, 1.82) is 0 Å². The van der Waals surface area contributed by atoms with Gasteiger partial charge in [0.25, 0.3) is 5.92 Å². The molecule has 2 N–H and O–H groups in total. The monoisotopic (exact) mass is 211 g/mol. The first-order chi connectivity index (χ1) is 7.15. The second-order valence-electron chi connectivity index (χ2n) is 4.10. The molecule has 0 aliphatic heterocycles. The number of benzene rings is 1. The van der Waals surface area contributed by atoms with Crippen LogP contribution in [-0.4, -0.2) is 6.54 Å². The van der Waals surface area contributed by atoms with Gasteiger partial charge in [-0.3, -0.25) is 0 Å². The molecule has 3 heteroatoms. The first-order valence-corrected chi connectivity index (χ1v) is 5.32. The van der Waals surface area contributed by atoms with Crippen LogP contribution in [0.25, 0.3) is 0 Å². The van der Waals surface area contributed by atoms with Gasteiger partial charge in [-0.25, -0.2) is 8.78 Å². The minimum absolute atomic E-state index is 0.0198. The molecule has 1 aliphatic rings. The SMILES string of the molecule is NCCC(F)(F)c1ccccc1C1CC1. The molecule has 1 fully saturated rings. The van der Waals surface area contributed by atoms with Crippen LogP contribution in [-0.2, 0) is 5.92 Å². The first kappa shape index (κ1) is 10.6. The molecule has 0 atom stereocenters. The number of hydrogen-bond donors (Lipinski definition) is 1. The summed E-state index contributed by atoms with van der Waals surface area (Å²) in [6.45, 7) is 0.0198. The number of halogens is 2. The van der Waals surface area contributed by atoms with Gasteiger partial charge in [0.2, 0.25) is 0 Å². The molecular formula is C12H15F2N. The van der Waals surface area contributed by atoms with E-state index in [-0.39, 0.29) is 18.5 Å². The summed E-state index contributed by atoms with van der Waals surface area (Å²) >= 11 is 0. The highest BCUT2D eigenvalue weighted by molar-refractivity contribution is 5.36. The van der Waals surface area contributed by atoms with Crippen LogP contribution in [0, 0.1) is 0 Å². The molecule has 82 valence electrons. The summed E-state index contributed by atoms with van der Waals surface area (Å²) in [5.74, 6) is -2.42. The van der Waals surface area contributed by atoms with Crippen molar-refractivity contribution < 1.29 is 8.78 Å². The summed E-state index contributed by atoms with van der Waals surface area (Å²) in [4.78, 5) is 0. The smallest absolute Gasteiger partial charge is 0.274 e. The molecule has 0 spiro atoms. The van der Waals surface area contributed by atoms with Gasteiger partial charge in [-0.2, -0.15) is 0 Å². The van der Waals surface area contributed by atoms with Crippen molar-refractivity contribution >= 4 is 0 Å². The number of alkyl halides is 2. The van der Waals surface area contributed by atoms with Crippen LogP contribution in [0.1, 0.15) is 36.3 Å². The number of rotatable bonds is 4. The molecule has 0 saturated heterocycles. The Morgan fingerprint density at radius 3 is 2.53 bits per heavy atom. The molecule has 1 aromatic carbocycles. The summed E-state index contributed by atoms with van der Waals surface area (Å²) in [7, 11) is 0. The van der Waals surface area contributed by atoms with Crippen molar-refractivity contribution in [2.24, 2.45) is 5.73 Å². The van der Waals surface area contributed by atoms with Gasteiger partial charge in [-0.1, -0.05) is 24.3 Å². The Morgan fingerprint density at radius 2 is 1.93 bits per heavy atom. The summed E-state index contributed by atoms with van der Waals surface area (Å²) in [6, 6.07) is 6.85. The van der Waals surface area contributed by atoms with Gasteiger partial charge in [0.1, 0.15) is 0 Å². The fraction of sp³-hybridized carbons (Fsp3) is 0.500. The number of hydrogen-bond acceptors (Lipinski definition) is 1. The van der Waals surface area contributed by atoms with E-state index >= 15 is 0 Å². The van der Waals surface area contributed by atoms with Crippen LogP contribution in [0.5, 0.6) is 0 Å².